The van der Waals surface area contributed by atoms with E-state index < -0.39 is 0 Å². The minimum absolute atomic E-state index is 0.0967. The molecule has 1 saturated heterocycles. The lowest BCUT2D eigenvalue weighted by Crippen LogP contribution is -2.36. The summed E-state index contributed by atoms with van der Waals surface area (Å²) < 4.78 is 6.84. The molecular formula is C19H20N4O3S. The maximum Gasteiger partial charge on any atom is 0.273 e. The largest absolute Gasteiger partial charge is 0.383 e. The third-order valence-corrected chi connectivity index (χ3v) is 5.46. The lowest BCUT2D eigenvalue weighted by molar-refractivity contribution is 0.0720. The van der Waals surface area contributed by atoms with Crippen LogP contribution in [-0.2, 0) is 11.3 Å². The fourth-order valence-electron chi connectivity index (χ4n) is 3.58. The monoisotopic (exact) mass is 384 g/mol. The SMILES string of the molecule is COCCn1c(C2CCCN2C(=O)c2cscn2)nc2ccccc2c1=O. The normalized spacial score (nSPS) is 16.9. The van der Waals surface area contributed by atoms with Gasteiger partial charge in [0.2, 0.25) is 0 Å². The number of para-hydroxylation sites is 1. The molecule has 1 aliphatic rings. The number of fused-ring (bicyclic) bond motifs is 1. The highest BCUT2D eigenvalue weighted by Crippen LogP contribution is 2.32. The van der Waals surface area contributed by atoms with E-state index in [0.717, 1.165) is 12.8 Å². The molecule has 0 spiro atoms. The van der Waals surface area contributed by atoms with E-state index in [1.54, 1.807) is 33.5 Å². The molecule has 8 heteroatoms. The number of thiazole rings is 1. The van der Waals surface area contributed by atoms with Gasteiger partial charge in [0.25, 0.3) is 11.5 Å². The van der Waals surface area contributed by atoms with Crippen LogP contribution >= 0.6 is 11.3 Å². The highest BCUT2D eigenvalue weighted by molar-refractivity contribution is 7.07. The van der Waals surface area contributed by atoms with E-state index in [9.17, 15) is 9.59 Å². The van der Waals surface area contributed by atoms with Crippen molar-refractivity contribution in [1.29, 1.82) is 0 Å². The van der Waals surface area contributed by atoms with Gasteiger partial charge in [-0.3, -0.25) is 14.2 Å². The zero-order valence-corrected chi connectivity index (χ0v) is 15.8. The highest BCUT2D eigenvalue weighted by Gasteiger charge is 2.34. The van der Waals surface area contributed by atoms with E-state index in [1.165, 1.54) is 11.3 Å². The quantitative estimate of drug-likeness (QED) is 0.675. The Kier molecular flexibility index (Phi) is 5.00. The number of hydrogen-bond donors (Lipinski definition) is 0. The van der Waals surface area contributed by atoms with Crippen molar-refractivity contribution in [3.63, 3.8) is 0 Å². The molecule has 1 fully saturated rings. The number of carbonyl (C=O) groups is 1. The molecule has 0 radical (unpaired) electrons. The molecular weight excluding hydrogens is 364 g/mol. The molecule has 1 amide bonds. The predicted molar refractivity (Wildman–Crippen MR) is 103 cm³/mol. The van der Waals surface area contributed by atoms with E-state index in [1.807, 2.05) is 18.2 Å². The molecule has 1 unspecified atom stereocenters. The number of hydrogen-bond acceptors (Lipinski definition) is 6. The van der Waals surface area contributed by atoms with Crippen LogP contribution in [0.25, 0.3) is 10.9 Å². The smallest absolute Gasteiger partial charge is 0.273 e. The summed E-state index contributed by atoms with van der Waals surface area (Å²) >= 11 is 1.40. The number of likely N-dealkylation sites (tertiary alicyclic amines) is 1. The Balaban J connectivity index is 1.81. The topological polar surface area (TPSA) is 77.3 Å². The Morgan fingerprint density at radius 2 is 2.22 bits per heavy atom. The molecule has 3 heterocycles. The van der Waals surface area contributed by atoms with Gasteiger partial charge < -0.3 is 9.64 Å². The number of benzene rings is 1. The average molecular weight is 384 g/mol. The molecule has 0 saturated carbocycles. The molecule has 0 N–H and O–H groups in total. The minimum atomic E-state index is -0.242. The fraction of sp³-hybridized carbons (Fsp3) is 0.368. The Labute approximate surface area is 160 Å². The molecule has 0 bridgehead atoms. The number of aromatic nitrogens is 3. The summed E-state index contributed by atoms with van der Waals surface area (Å²) in [6.45, 7) is 1.44. The number of nitrogens with zero attached hydrogens (tertiary/aromatic N) is 4. The van der Waals surface area contributed by atoms with Crippen molar-refractivity contribution in [2.75, 3.05) is 20.3 Å². The van der Waals surface area contributed by atoms with Crippen LogP contribution in [0, 0.1) is 0 Å². The molecule has 3 aromatic rings. The van der Waals surface area contributed by atoms with Crippen molar-refractivity contribution in [3.8, 4) is 0 Å². The predicted octanol–water partition coefficient (Wildman–Crippen LogP) is 2.48. The summed E-state index contributed by atoms with van der Waals surface area (Å²) in [6.07, 6.45) is 1.64. The maximum atomic E-state index is 13.1. The van der Waals surface area contributed by atoms with Crippen molar-refractivity contribution < 1.29 is 9.53 Å². The van der Waals surface area contributed by atoms with Crippen LogP contribution < -0.4 is 5.56 Å². The second-order valence-corrected chi connectivity index (χ2v) is 7.19. The second-order valence-electron chi connectivity index (χ2n) is 6.47. The first-order valence-corrected chi connectivity index (χ1v) is 9.82. The van der Waals surface area contributed by atoms with Crippen LogP contribution in [0.2, 0.25) is 0 Å². The summed E-state index contributed by atoms with van der Waals surface area (Å²) in [5, 5.41) is 2.33. The summed E-state index contributed by atoms with van der Waals surface area (Å²) in [6, 6.07) is 7.07. The molecule has 1 aliphatic heterocycles. The van der Waals surface area contributed by atoms with Gasteiger partial charge in [-0.2, -0.15) is 0 Å². The van der Waals surface area contributed by atoms with Gasteiger partial charge in [0, 0.05) is 19.0 Å². The first-order valence-electron chi connectivity index (χ1n) is 8.88. The Morgan fingerprint density at radius 3 is 3.00 bits per heavy atom. The van der Waals surface area contributed by atoms with Crippen molar-refractivity contribution >= 4 is 28.1 Å². The number of methoxy groups -OCH3 is 1. The highest BCUT2D eigenvalue weighted by atomic mass is 32.1. The van der Waals surface area contributed by atoms with Gasteiger partial charge in [-0.05, 0) is 25.0 Å². The van der Waals surface area contributed by atoms with Crippen LogP contribution in [-0.4, -0.2) is 45.6 Å². The van der Waals surface area contributed by atoms with Crippen LogP contribution in [0.1, 0.15) is 35.2 Å². The van der Waals surface area contributed by atoms with Crippen molar-refractivity contribution in [2.45, 2.75) is 25.4 Å². The van der Waals surface area contributed by atoms with Crippen molar-refractivity contribution in [1.82, 2.24) is 19.4 Å². The average Bonchev–Trinajstić information content (AvgIpc) is 3.38. The minimum Gasteiger partial charge on any atom is -0.383 e. The number of ether oxygens (including phenoxy) is 1. The maximum absolute atomic E-state index is 13.1. The van der Waals surface area contributed by atoms with Crippen LogP contribution in [0.3, 0.4) is 0 Å². The Morgan fingerprint density at radius 1 is 1.37 bits per heavy atom. The summed E-state index contributed by atoms with van der Waals surface area (Å²) in [4.78, 5) is 36.7. The van der Waals surface area contributed by atoms with Gasteiger partial charge in [0.15, 0.2) is 0 Å². The molecule has 1 atom stereocenters. The third-order valence-electron chi connectivity index (χ3n) is 4.87. The zero-order valence-electron chi connectivity index (χ0n) is 15.0. The standard InChI is InChI=1S/C19H20N4O3S/c1-26-10-9-23-17(21-14-6-3-2-5-13(14)18(23)24)16-7-4-8-22(16)19(25)15-11-27-12-20-15/h2-3,5-6,11-12,16H,4,7-10H2,1H3. The van der Waals surface area contributed by atoms with E-state index in [0.29, 0.717) is 42.1 Å². The molecule has 7 nitrogen and oxygen atoms in total. The summed E-state index contributed by atoms with van der Waals surface area (Å²) in [5.41, 5.74) is 2.65. The zero-order chi connectivity index (χ0) is 18.8. The van der Waals surface area contributed by atoms with E-state index in [2.05, 4.69) is 4.98 Å². The summed E-state index contributed by atoms with van der Waals surface area (Å²) in [5.74, 6) is 0.510. The molecule has 0 aliphatic carbocycles. The lowest BCUT2D eigenvalue weighted by Gasteiger charge is -2.26. The molecule has 1 aromatic carbocycles. The van der Waals surface area contributed by atoms with Crippen LogP contribution in [0.5, 0.6) is 0 Å². The Bertz CT molecular complexity index is 1020. The number of carbonyl (C=O) groups excluding carboxylic acids is 1. The third kappa shape index (κ3) is 3.26. The molecule has 2 aromatic heterocycles. The summed E-state index contributed by atoms with van der Waals surface area (Å²) in [7, 11) is 1.60. The van der Waals surface area contributed by atoms with Gasteiger partial charge in [0.1, 0.15) is 11.5 Å². The van der Waals surface area contributed by atoms with Crippen molar-refractivity contribution in [3.05, 3.63) is 57.0 Å². The van der Waals surface area contributed by atoms with E-state index in [-0.39, 0.29) is 17.5 Å². The lowest BCUT2D eigenvalue weighted by atomic mass is 10.1. The first kappa shape index (κ1) is 17.8. The van der Waals surface area contributed by atoms with E-state index >= 15 is 0 Å². The molecule has 27 heavy (non-hydrogen) atoms. The van der Waals surface area contributed by atoms with Crippen molar-refractivity contribution in [2.24, 2.45) is 0 Å². The van der Waals surface area contributed by atoms with Gasteiger partial charge in [-0.25, -0.2) is 9.97 Å². The van der Waals surface area contributed by atoms with Crippen LogP contribution in [0.15, 0.2) is 40.0 Å². The van der Waals surface area contributed by atoms with Gasteiger partial charge in [0.05, 0.1) is 35.6 Å². The van der Waals surface area contributed by atoms with Gasteiger partial charge in [-0.1, -0.05) is 12.1 Å². The fourth-order valence-corrected chi connectivity index (χ4v) is 4.11. The molecule has 4 rings (SSSR count). The van der Waals surface area contributed by atoms with Gasteiger partial charge >= 0.3 is 0 Å². The second kappa shape index (κ2) is 7.58. The first-order chi connectivity index (χ1) is 13.2. The Hall–Kier alpha value is -2.58. The van der Waals surface area contributed by atoms with Gasteiger partial charge in [-0.15, -0.1) is 11.3 Å². The number of rotatable bonds is 5. The molecule has 140 valence electrons. The van der Waals surface area contributed by atoms with E-state index in [4.69, 9.17) is 9.72 Å². The number of amides is 1. The van der Waals surface area contributed by atoms with Crippen LogP contribution in [0.4, 0.5) is 0 Å².